The Kier molecular flexibility index (Phi) is 3.86. The molecule has 0 spiro atoms. The molecule has 4 N–H and O–H groups in total. The molecule has 0 fully saturated rings. The normalized spacial score (nSPS) is 18.8. The number of hydrogen-bond acceptors (Lipinski definition) is 3. The standard InChI is InChI=1S/C5H12AsNO4/c1-6(10,11)3-2-4(7)5(8)9/h4H,2-3,7H2,1H3,(H,8,9)(H,10,11). The van der Waals surface area contributed by atoms with Gasteiger partial charge in [-0.25, -0.2) is 0 Å². The van der Waals surface area contributed by atoms with Crippen LogP contribution in [-0.4, -0.2) is 35.0 Å². The molecule has 0 aliphatic heterocycles. The van der Waals surface area contributed by atoms with Gasteiger partial charge in [0, 0.05) is 0 Å². The first-order valence-corrected chi connectivity index (χ1v) is 7.91. The molecule has 0 aliphatic rings. The van der Waals surface area contributed by atoms with Gasteiger partial charge in [0.25, 0.3) is 0 Å². The van der Waals surface area contributed by atoms with E-state index in [-0.39, 0.29) is 11.6 Å². The molecule has 0 saturated carbocycles. The summed E-state index contributed by atoms with van der Waals surface area (Å²) in [5, 5.41) is 8.31. The average molecular weight is 225 g/mol. The van der Waals surface area contributed by atoms with Gasteiger partial charge < -0.3 is 0 Å². The zero-order valence-corrected chi connectivity index (χ0v) is 8.10. The minimum absolute atomic E-state index is 0.0196. The van der Waals surface area contributed by atoms with Crippen molar-refractivity contribution in [3.05, 3.63) is 0 Å². The Hall–Kier alpha value is -0.252. The van der Waals surface area contributed by atoms with Crippen molar-refractivity contribution in [3.63, 3.8) is 0 Å². The Labute approximate surface area is 67.2 Å². The van der Waals surface area contributed by atoms with Gasteiger partial charge in [-0.3, -0.25) is 0 Å². The van der Waals surface area contributed by atoms with Gasteiger partial charge in [-0.2, -0.15) is 0 Å². The fourth-order valence-corrected chi connectivity index (χ4v) is 2.09. The monoisotopic (exact) mass is 225 g/mol. The van der Waals surface area contributed by atoms with Crippen LogP contribution in [0.1, 0.15) is 6.42 Å². The van der Waals surface area contributed by atoms with Crippen molar-refractivity contribution < 1.29 is 17.7 Å². The van der Waals surface area contributed by atoms with E-state index in [9.17, 15) is 8.53 Å². The van der Waals surface area contributed by atoms with Crippen molar-refractivity contribution in [1.82, 2.24) is 0 Å². The van der Waals surface area contributed by atoms with E-state index in [0.717, 1.165) is 0 Å². The van der Waals surface area contributed by atoms with E-state index in [4.69, 9.17) is 14.9 Å². The minimum atomic E-state index is -3.66. The van der Waals surface area contributed by atoms with Gasteiger partial charge in [0.05, 0.1) is 0 Å². The predicted molar refractivity (Wildman–Crippen MR) is 39.6 cm³/mol. The fourth-order valence-electron chi connectivity index (χ4n) is 0.502. The molecule has 6 heteroatoms. The summed E-state index contributed by atoms with van der Waals surface area (Å²) in [5.74, 6) is -1.13. The molecule has 66 valence electrons. The van der Waals surface area contributed by atoms with Crippen molar-refractivity contribution in [2.45, 2.75) is 23.4 Å². The van der Waals surface area contributed by atoms with Gasteiger partial charge in [-0.1, -0.05) is 0 Å². The quantitative estimate of drug-likeness (QED) is 0.548. The Balaban J connectivity index is 3.72. The first kappa shape index (κ1) is 10.7. The molecule has 5 nitrogen and oxygen atoms in total. The Morgan fingerprint density at radius 2 is 2.18 bits per heavy atom. The predicted octanol–water partition coefficient (Wildman–Crippen LogP) is -0.717. The van der Waals surface area contributed by atoms with E-state index >= 15 is 0 Å². The molecule has 0 bridgehead atoms. The maximum absolute atomic E-state index is 10.7. The molecule has 11 heavy (non-hydrogen) atoms. The summed E-state index contributed by atoms with van der Waals surface area (Å²) < 4.78 is 19.5. The number of nitrogens with two attached hydrogens (primary N) is 1. The first-order chi connectivity index (χ1) is 4.83. The van der Waals surface area contributed by atoms with Crippen LogP contribution in [0.25, 0.3) is 0 Å². The van der Waals surface area contributed by atoms with Crippen molar-refractivity contribution in [2.24, 2.45) is 5.73 Å². The molecular formula is C5H12AsNO4. The zero-order chi connectivity index (χ0) is 9.07. The van der Waals surface area contributed by atoms with E-state index in [0.29, 0.717) is 0 Å². The van der Waals surface area contributed by atoms with Crippen LogP contribution in [0.5, 0.6) is 0 Å². The van der Waals surface area contributed by atoms with E-state index in [1.54, 1.807) is 0 Å². The van der Waals surface area contributed by atoms with Gasteiger partial charge in [-0.15, -0.1) is 0 Å². The number of carbonyl (C=O) groups is 1. The molecule has 0 amide bonds. The summed E-state index contributed by atoms with van der Waals surface area (Å²) in [7, 11) is 0. The average Bonchev–Trinajstić information content (AvgIpc) is 1.80. The van der Waals surface area contributed by atoms with Gasteiger partial charge in [0.1, 0.15) is 0 Å². The van der Waals surface area contributed by atoms with E-state index in [1.165, 1.54) is 5.71 Å². The summed E-state index contributed by atoms with van der Waals surface area (Å²) in [4.78, 5) is 10.1. The Morgan fingerprint density at radius 3 is 2.45 bits per heavy atom. The summed E-state index contributed by atoms with van der Waals surface area (Å²) in [6.07, 6.45) is 0.0683. The summed E-state index contributed by atoms with van der Waals surface area (Å²) in [5.41, 5.74) is 6.34. The number of rotatable bonds is 4. The van der Waals surface area contributed by atoms with Crippen LogP contribution in [0.15, 0.2) is 0 Å². The van der Waals surface area contributed by atoms with Crippen LogP contribution in [0.2, 0.25) is 10.9 Å². The molecular weight excluding hydrogens is 213 g/mol. The molecule has 2 atom stereocenters. The summed E-state index contributed by atoms with van der Waals surface area (Å²) >= 11 is -3.66. The third kappa shape index (κ3) is 6.16. The van der Waals surface area contributed by atoms with Crippen molar-refractivity contribution in [3.8, 4) is 0 Å². The van der Waals surface area contributed by atoms with E-state index in [2.05, 4.69) is 0 Å². The third-order valence-corrected chi connectivity index (χ3v) is 3.45. The zero-order valence-electron chi connectivity index (χ0n) is 6.23. The second-order valence-corrected chi connectivity index (χ2v) is 7.86. The molecule has 0 aromatic rings. The van der Waals surface area contributed by atoms with Crippen molar-refractivity contribution in [2.75, 3.05) is 0 Å². The van der Waals surface area contributed by atoms with Gasteiger partial charge in [0.15, 0.2) is 0 Å². The molecule has 0 saturated heterocycles. The van der Waals surface area contributed by atoms with E-state index in [1.807, 2.05) is 0 Å². The Bertz CT molecular complexity index is 187. The molecule has 0 aromatic carbocycles. The number of hydrogen-bond donors (Lipinski definition) is 3. The molecule has 0 aliphatic carbocycles. The van der Waals surface area contributed by atoms with Crippen LogP contribution in [0, 0.1) is 0 Å². The Morgan fingerprint density at radius 1 is 1.73 bits per heavy atom. The molecule has 0 heterocycles. The van der Waals surface area contributed by atoms with Crippen LogP contribution in [-0.2, 0) is 8.53 Å². The van der Waals surface area contributed by atoms with Crippen molar-refractivity contribution >= 4 is 19.8 Å². The number of carboxylic acid groups (broad SMARTS) is 1. The van der Waals surface area contributed by atoms with Gasteiger partial charge >= 0.3 is 66.7 Å². The first-order valence-electron chi connectivity index (χ1n) is 3.10. The van der Waals surface area contributed by atoms with E-state index < -0.39 is 25.8 Å². The second-order valence-electron chi connectivity index (χ2n) is 2.51. The van der Waals surface area contributed by atoms with Crippen LogP contribution in [0.3, 0.4) is 0 Å². The van der Waals surface area contributed by atoms with Crippen LogP contribution in [0.4, 0.5) is 0 Å². The SMILES string of the molecule is C[As](=O)(O)CCC(N)C(=O)O. The summed E-state index contributed by atoms with van der Waals surface area (Å²) in [6, 6.07) is -1.02. The van der Waals surface area contributed by atoms with Crippen LogP contribution >= 0.6 is 0 Å². The maximum atomic E-state index is 10.7. The van der Waals surface area contributed by atoms with Crippen molar-refractivity contribution in [1.29, 1.82) is 0 Å². The topological polar surface area (TPSA) is 101 Å². The fraction of sp³-hybridized carbons (Fsp3) is 0.800. The third-order valence-electron chi connectivity index (χ3n) is 1.17. The second kappa shape index (κ2) is 3.95. The number of aliphatic carboxylic acids is 1. The van der Waals surface area contributed by atoms with Gasteiger partial charge in [-0.05, 0) is 0 Å². The molecule has 0 radical (unpaired) electrons. The molecule has 0 rings (SSSR count). The summed E-state index contributed by atoms with van der Waals surface area (Å²) in [6.45, 7) is 0. The van der Waals surface area contributed by atoms with Crippen LogP contribution < -0.4 is 5.73 Å². The molecule has 0 aromatic heterocycles. The van der Waals surface area contributed by atoms with Gasteiger partial charge in [0.2, 0.25) is 0 Å². The molecule has 2 unspecified atom stereocenters. The number of carboxylic acids is 1.